The average Bonchev–Trinajstić information content (AvgIpc) is 2.33. The zero-order valence-electron chi connectivity index (χ0n) is 11.3. The smallest absolute Gasteiger partial charge is 0.0473 e. The Bertz CT molecular complexity index is 358. The molecule has 1 aromatic rings. The molecule has 0 amide bonds. The second-order valence-electron chi connectivity index (χ2n) is 5.17. The molecule has 1 heterocycles. The van der Waals surface area contributed by atoms with Gasteiger partial charge in [0.15, 0.2) is 0 Å². The Hall–Kier alpha value is -1.06. The van der Waals surface area contributed by atoms with Crippen molar-refractivity contribution in [2.75, 3.05) is 39.1 Å². The van der Waals surface area contributed by atoms with Crippen molar-refractivity contribution in [3.8, 4) is 0 Å². The topological polar surface area (TPSA) is 18.5 Å². The van der Waals surface area contributed by atoms with E-state index in [1.54, 1.807) is 0 Å². The Morgan fingerprint density at radius 1 is 1.18 bits per heavy atom. The fourth-order valence-electron chi connectivity index (χ4n) is 2.37. The van der Waals surface area contributed by atoms with Crippen LogP contribution in [0.25, 0.3) is 0 Å². The Morgan fingerprint density at radius 3 is 2.41 bits per heavy atom. The Kier molecular flexibility index (Phi) is 3.69. The number of likely N-dealkylation sites (N-methyl/N-ethyl adjacent to an activating group) is 1. The van der Waals surface area contributed by atoms with Crippen LogP contribution in [0.1, 0.15) is 18.5 Å². The number of hydrogen-bond acceptors (Lipinski definition) is 3. The third-order valence-electron chi connectivity index (χ3n) is 3.76. The van der Waals surface area contributed by atoms with Crippen molar-refractivity contribution in [2.45, 2.75) is 19.0 Å². The zero-order chi connectivity index (χ0) is 12.4. The third-order valence-corrected chi connectivity index (χ3v) is 3.76. The van der Waals surface area contributed by atoms with Gasteiger partial charge in [-0.05, 0) is 31.7 Å². The van der Waals surface area contributed by atoms with Gasteiger partial charge in [-0.3, -0.25) is 4.90 Å². The Balaban J connectivity index is 2.16. The van der Waals surface area contributed by atoms with E-state index in [2.05, 4.69) is 67.4 Å². The predicted octanol–water partition coefficient (Wildman–Crippen LogP) is 1.72. The van der Waals surface area contributed by atoms with Crippen LogP contribution in [0.2, 0.25) is 0 Å². The zero-order valence-corrected chi connectivity index (χ0v) is 11.3. The molecule has 0 aromatic heterocycles. The van der Waals surface area contributed by atoms with Crippen molar-refractivity contribution in [1.82, 2.24) is 10.2 Å². The third kappa shape index (κ3) is 2.61. The summed E-state index contributed by atoms with van der Waals surface area (Å²) in [5.41, 5.74) is 2.66. The maximum Gasteiger partial charge on any atom is 0.0473 e. The maximum absolute atomic E-state index is 3.50. The largest absolute Gasteiger partial charge is 0.378 e. The van der Waals surface area contributed by atoms with Gasteiger partial charge in [-0.15, -0.1) is 0 Å². The molecular weight excluding hydrogens is 210 g/mol. The molecule has 1 N–H and O–H groups in total. The first-order valence-corrected chi connectivity index (χ1v) is 6.29. The van der Waals surface area contributed by atoms with Crippen molar-refractivity contribution in [2.24, 2.45) is 0 Å². The van der Waals surface area contributed by atoms with Crippen molar-refractivity contribution in [1.29, 1.82) is 0 Å². The van der Waals surface area contributed by atoms with Gasteiger partial charge in [-0.1, -0.05) is 12.1 Å². The van der Waals surface area contributed by atoms with E-state index in [4.69, 9.17) is 0 Å². The molecule has 0 saturated carbocycles. The molecule has 1 fully saturated rings. The van der Waals surface area contributed by atoms with Gasteiger partial charge in [-0.25, -0.2) is 0 Å². The van der Waals surface area contributed by atoms with E-state index in [0.717, 1.165) is 13.1 Å². The lowest BCUT2D eigenvalue weighted by molar-refractivity contribution is 0.141. The number of rotatable bonds is 2. The Labute approximate surface area is 104 Å². The van der Waals surface area contributed by atoms with Gasteiger partial charge in [0, 0.05) is 45.0 Å². The Morgan fingerprint density at radius 2 is 1.82 bits per heavy atom. The molecular formula is C14H23N3. The first kappa shape index (κ1) is 12.4. The number of nitrogens with zero attached hydrogens (tertiary/aromatic N) is 2. The number of nitrogens with one attached hydrogen (secondary N) is 1. The highest BCUT2D eigenvalue weighted by Crippen LogP contribution is 2.25. The van der Waals surface area contributed by atoms with Crippen LogP contribution >= 0.6 is 0 Å². The molecule has 1 aliphatic heterocycles. The minimum atomic E-state index is 0.495. The summed E-state index contributed by atoms with van der Waals surface area (Å²) in [4.78, 5) is 4.59. The molecule has 3 heteroatoms. The molecule has 1 unspecified atom stereocenters. The van der Waals surface area contributed by atoms with Gasteiger partial charge in [0.05, 0.1) is 0 Å². The fraction of sp³-hybridized carbons (Fsp3) is 0.571. The van der Waals surface area contributed by atoms with Crippen LogP contribution in [0.3, 0.4) is 0 Å². The van der Waals surface area contributed by atoms with Crippen LogP contribution in [0, 0.1) is 0 Å². The minimum absolute atomic E-state index is 0.495. The van der Waals surface area contributed by atoms with E-state index in [9.17, 15) is 0 Å². The predicted molar refractivity (Wildman–Crippen MR) is 73.6 cm³/mol. The summed E-state index contributed by atoms with van der Waals surface area (Å²) in [5, 5.41) is 3.50. The van der Waals surface area contributed by atoms with E-state index >= 15 is 0 Å². The molecule has 1 saturated heterocycles. The van der Waals surface area contributed by atoms with Gasteiger partial charge < -0.3 is 10.2 Å². The normalized spacial score (nSPS) is 25.9. The number of hydrogen-bond donors (Lipinski definition) is 1. The molecule has 2 rings (SSSR count). The first-order chi connectivity index (χ1) is 8.09. The van der Waals surface area contributed by atoms with E-state index < -0.39 is 0 Å². The molecule has 17 heavy (non-hydrogen) atoms. The SMILES string of the molecule is C[C@H]1CNCC(c2ccc(N(C)C)cc2)N1C. The maximum atomic E-state index is 3.50. The van der Waals surface area contributed by atoms with Crippen molar-refractivity contribution >= 4 is 5.69 Å². The monoisotopic (exact) mass is 233 g/mol. The summed E-state index contributed by atoms with van der Waals surface area (Å²) in [6.45, 7) is 4.40. The van der Waals surface area contributed by atoms with Gasteiger partial charge in [-0.2, -0.15) is 0 Å². The second-order valence-corrected chi connectivity index (χ2v) is 5.17. The second kappa shape index (κ2) is 5.07. The molecule has 0 radical (unpaired) electrons. The van der Waals surface area contributed by atoms with E-state index in [0.29, 0.717) is 12.1 Å². The molecule has 1 aromatic carbocycles. The van der Waals surface area contributed by atoms with Gasteiger partial charge in [0.1, 0.15) is 0 Å². The van der Waals surface area contributed by atoms with Crippen LogP contribution in [-0.2, 0) is 0 Å². The molecule has 0 aliphatic carbocycles. The quantitative estimate of drug-likeness (QED) is 0.839. The van der Waals surface area contributed by atoms with E-state index in [-0.39, 0.29) is 0 Å². The van der Waals surface area contributed by atoms with Crippen LogP contribution in [0.15, 0.2) is 24.3 Å². The lowest BCUT2D eigenvalue weighted by Gasteiger charge is -2.38. The summed E-state index contributed by atoms with van der Waals surface area (Å²) >= 11 is 0. The summed E-state index contributed by atoms with van der Waals surface area (Å²) in [6, 6.07) is 9.98. The van der Waals surface area contributed by atoms with Crippen molar-refractivity contribution in [3.63, 3.8) is 0 Å². The molecule has 1 aliphatic rings. The van der Waals surface area contributed by atoms with Crippen LogP contribution in [-0.4, -0.2) is 45.2 Å². The molecule has 2 atom stereocenters. The molecule has 3 nitrogen and oxygen atoms in total. The number of benzene rings is 1. The van der Waals surface area contributed by atoms with E-state index in [1.807, 2.05) is 0 Å². The van der Waals surface area contributed by atoms with Crippen molar-refractivity contribution in [3.05, 3.63) is 29.8 Å². The fourth-order valence-corrected chi connectivity index (χ4v) is 2.37. The van der Waals surface area contributed by atoms with Gasteiger partial charge in [0.2, 0.25) is 0 Å². The average molecular weight is 233 g/mol. The molecule has 0 bridgehead atoms. The first-order valence-electron chi connectivity index (χ1n) is 6.29. The standard InChI is InChI=1S/C14H23N3/c1-11-9-15-10-14(17(11)4)12-5-7-13(8-6-12)16(2)3/h5-8,11,14-15H,9-10H2,1-4H3/t11-,14?/m0/s1. The molecule has 0 spiro atoms. The molecule has 94 valence electrons. The van der Waals surface area contributed by atoms with Gasteiger partial charge in [0.25, 0.3) is 0 Å². The lowest BCUT2D eigenvalue weighted by Crippen LogP contribution is -2.49. The number of piperazine rings is 1. The highest BCUT2D eigenvalue weighted by molar-refractivity contribution is 5.46. The van der Waals surface area contributed by atoms with Crippen LogP contribution in [0.5, 0.6) is 0 Å². The highest BCUT2D eigenvalue weighted by Gasteiger charge is 2.25. The van der Waals surface area contributed by atoms with Crippen molar-refractivity contribution < 1.29 is 0 Å². The summed E-state index contributed by atoms with van der Waals surface area (Å²) in [6.07, 6.45) is 0. The van der Waals surface area contributed by atoms with Gasteiger partial charge >= 0.3 is 0 Å². The highest BCUT2D eigenvalue weighted by atomic mass is 15.2. The lowest BCUT2D eigenvalue weighted by atomic mass is 10.0. The summed E-state index contributed by atoms with van der Waals surface area (Å²) < 4.78 is 0. The number of anilines is 1. The minimum Gasteiger partial charge on any atom is -0.378 e. The van der Waals surface area contributed by atoms with Crippen LogP contribution < -0.4 is 10.2 Å². The summed E-state index contributed by atoms with van der Waals surface area (Å²) in [5.74, 6) is 0. The van der Waals surface area contributed by atoms with E-state index in [1.165, 1.54) is 11.3 Å². The summed E-state index contributed by atoms with van der Waals surface area (Å²) in [7, 11) is 6.37. The van der Waals surface area contributed by atoms with Crippen LogP contribution in [0.4, 0.5) is 5.69 Å².